The Kier molecular flexibility index (Phi) is 7.00. The van der Waals surface area contributed by atoms with Crippen LogP contribution in [0.5, 0.6) is 5.75 Å². The number of nitrogens with zero attached hydrogens (tertiary/aromatic N) is 1. The summed E-state index contributed by atoms with van der Waals surface area (Å²) in [6, 6.07) is 8.68. The molecule has 0 aliphatic carbocycles. The van der Waals surface area contributed by atoms with Crippen molar-refractivity contribution in [3.05, 3.63) is 29.8 Å². The van der Waals surface area contributed by atoms with E-state index in [1.807, 2.05) is 0 Å². The fourth-order valence-corrected chi connectivity index (χ4v) is 2.71. The van der Waals surface area contributed by atoms with Crippen LogP contribution in [0.4, 0.5) is 0 Å². The van der Waals surface area contributed by atoms with Gasteiger partial charge in [-0.05, 0) is 24.1 Å². The van der Waals surface area contributed by atoms with Crippen LogP contribution in [0.2, 0.25) is 0 Å². The topological polar surface area (TPSA) is 47.7 Å². The third-order valence-corrected chi connectivity index (χ3v) is 3.99. The Morgan fingerprint density at radius 1 is 1.19 bits per heavy atom. The lowest BCUT2D eigenvalue weighted by atomic mass is 10.0. The van der Waals surface area contributed by atoms with Crippen molar-refractivity contribution in [3.8, 4) is 5.75 Å². The maximum atomic E-state index is 5.97. The molecule has 0 saturated carbocycles. The first kappa shape index (κ1) is 16.3. The molecule has 1 aliphatic rings. The zero-order chi connectivity index (χ0) is 14.9. The number of nitrogens with two attached hydrogens (primary N) is 1. The molecule has 1 aromatic carbocycles. The van der Waals surface area contributed by atoms with Gasteiger partial charge in [-0.2, -0.15) is 0 Å². The van der Waals surface area contributed by atoms with Crippen LogP contribution in [0, 0.1) is 0 Å². The molecule has 0 amide bonds. The largest absolute Gasteiger partial charge is 0.494 e. The molecular formula is C17H28N2O2. The molecule has 0 aromatic heterocycles. The van der Waals surface area contributed by atoms with Crippen molar-refractivity contribution in [1.29, 1.82) is 0 Å². The van der Waals surface area contributed by atoms with Crippen molar-refractivity contribution in [2.75, 3.05) is 39.5 Å². The maximum absolute atomic E-state index is 5.97. The van der Waals surface area contributed by atoms with E-state index in [2.05, 4.69) is 36.1 Å². The normalized spacial score (nSPS) is 17.6. The second-order valence-corrected chi connectivity index (χ2v) is 5.52. The fourth-order valence-electron chi connectivity index (χ4n) is 2.71. The molecule has 0 radical (unpaired) electrons. The van der Waals surface area contributed by atoms with Gasteiger partial charge in [0, 0.05) is 25.7 Å². The molecule has 1 atom stereocenters. The maximum Gasteiger partial charge on any atom is 0.119 e. The minimum Gasteiger partial charge on any atom is -0.494 e. The molecule has 118 valence electrons. The van der Waals surface area contributed by atoms with Crippen molar-refractivity contribution >= 4 is 0 Å². The van der Waals surface area contributed by atoms with Crippen molar-refractivity contribution in [2.24, 2.45) is 5.73 Å². The summed E-state index contributed by atoms with van der Waals surface area (Å²) in [7, 11) is 0. The second kappa shape index (κ2) is 9.03. The van der Waals surface area contributed by atoms with E-state index in [9.17, 15) is 0 Å². The van der Waals surface area contributed by atoms with Gasteiger partial charge in [0.25, 0.3) is 0 Å². The van der Waals surface area contributed by atoms with E-state index in [-0.39, 0.29) is 6.04 Å². The summed E-state index contributed by atoms with van der Waals surface area (Å²) in [5.74, 6) is 0.951. The zero-order valence-corrected chi connectivity index (χ0v) is 13.1. The van der Waals surface area contributed by atoms with Crippen molar-refractivity contribution in [3.63, 3.8) is 0 Å². The Bertz CT molecular complexity index is 388. The highest BCUT2D eigenvalue weighted by atomic mass is 16.5. The van der Waals surface area contributed by atoms with Gasteiger partial charge in [-0.25, -0.2) is 0 Å². The van der Waals surface area contributed by atoms with Crippen molar-refractivity contribution in [1.82, 2.24) is 4.90 Å². The number of hydrogen-bond donors (Lipinski definition) is 1. The summed E-state index contributed by atoms with van der Waals surface area (Å²) in [4.78, 5) is 2.40. The molecule has 1 saturated heterocycles. The van der Waals surface area contributed by atoms with E-state index in [1.165, 1.54) is 18.4 Å². The monoisotopic (exact) mass is 292 g/mol. The van der Waals surface area contributed by atoms with E-state index in [0.717, 1.165) is 45.1 Å². The molecular weight excluding hydrogens is 264 g/mol. The molecule has 21 heavy (non-hydrogen) atoms. The lowest BCUT2D eigenvalue weighted by Crippen LogP contribution is -2.41. The molecule has 0 spiro atoms. The highest BCUT2D eigenvalue weighted by Gasteiger charge is 2.21. The van der Waals surface area contributed by atoms with Gasteiger partial charge in [-0.15, -0.1) is 0 Å². The molecule has 1 unspecified atom stereocenters. The molecule has 4 heteroatoms. The van der Waals surface area contributed by atoms with Gasteiger partial charge in [0.15, 0.2) is 0 Å². The third kappa shape index (κ3) is 4.99. The number of rotatable bonds is 8. The standard InChI is InChI=1S/C17H28N2O2/c1-2-3-4-11-21-16-7-5-15(6-8-16)17(14-18)19-9-12-20-13-10-19/h5-8,17H,2-4,9-14,18H2,1H3. The van der Waals surface area contributed by atoms with E-state index >= 15 is 0 Å². The summed E-state index contributed by atoms with van der Waals surface area (Å²) in [5, 5.41) is 0. The first-order chi connectivity index (χ1) is 10.3. The van der Waals surface area contributed by atoms with Gasteiger partial charge < -0.3 is 15.2 Å². The first-order valence-electron chi connectivity index (χ1n) is 8.09. The van der Waals surface area contributed by atoms with Crippen LogP contribution in [-0.4, -0.2) is 44.4 Å². The van der Waals surface area contributed by atoms with Gasteiger partial charge in [-0.3, -0.25) is 4.90 Å². The van der Waals surface area contributed by atoms with E-state index in [1.54, 1.807) is 0 Å². The van der Waals surface area contributed by atoms with Crippen LogP contribution < -0.4 is 10.5 Å². The summed E-state index contributed by atoms with van der Waals surface area (Å²) in [6.07, 6.45) is 3.57. The minimum absolute atomic E-state index is 0.281. The Labute approximate surface area is 128 Å². The Morgan fingerprint density at radius 3 is 2.52 bits per heavy atom. The van der Waals surface area contributed by atoms with E-state index in [4.69, 9.17) is 15.2 Å². The molecule has 2 N–H and O–H groups in total. The van der Waals surface area contributed by atoms with Gasteiger partial charge in [-0.1, -0.05) is 31.9 Å². The highest BCUT2D eigenvalue weighted by molar-refractivity contribution is 5.29. The smallest absolute Gasteiger partial charge is 0.119 e. The summed E-state index contributed by atoms with van der Waals surface area (Å²) >= 11 is 0. The van der Waals surface area contributed by atoms with Gasteiger partial charge in [0.2, 0.25) is 0 Å². The second-order valence-electron chi connectivity index (χ2n) is 5.52. The highest BCUT2D eigenvalue weighted by Crippen LogP contribution is 2.23. The van der Waals surface area contributed by atoms with Crippen LogP contribution in [0.1, 0.15) is 37.8 Å². The summed E-state index contributed by atoms with van der Waals surface area (Å²) in [5.41, 5.74) is 7.24. The number of unbranched alkanes of at least 4 members (excludes halogenated alkanes) is 2. The average Bonchev–Trinajstić information content (AvgIpc) is 2.55. The Hall–Kier alpha value is -1.10. The molecule has 1 aliphatic heterocycles. The van der Waals surface area contributed by atoms with Gasteiger partial charge in [0.05, 0.1) is 19.8 Å². The number of benzene rings is 1. The zero-order valence-electron chi connectivity index (χ0n) is 13.1. The lowest BCUT2D eigenvalue weighted by molar-refractivity contribution is 0.0179. The first-order valence-corrected chi connectivity index (χ1v) is 8.09. The fraction of sp³-hybridized carbons (Fsp3) is 0.647. The van der Waals surface area contributed by atoms with Crippen LogP contribution >= 0.6 is 0 Å². The summed E-state index contributed by atoms with van der Waals surface area (Å²) < 4.78 is 11.2. The Morgan fingerprint density at radius 2 is 1.90 bits per heavy atom. The molecule has 1 fully saturated rings. The van der Waals surface area contributed by atoms with E-state index in [0.29, 0.717) is 6.54 Å². The van der Waals surface area contributed by atoms with Crippen LogP contribution in [-0.2, 0) is 4.74 Å². The summed E-state index contributed by atoms with van der Waals surface area (Å²) in [6.45, 7) is 7.15. The molecule has 4 nitrogen and oxygen atoms in total. The van der Waals surface area contributed by atoms with E-state index < -0.39 is 0 Å². The Balaban J connectivity index is 1.89. The third-order valence-electron chi connectivity index (χ3n) is 3.99. The number of hydrogen-bond acceptors (Lipinski definition) is 4. The van der Waals surface area contributed by atoms with Crippen molar-refractivity contribution in [2.45, 2.75) is 32.2 Å². The molecule has 1 aromatic rings. The quantitative estimate of drug-likeness (QED) is 0.748. The predicted octanol–water partition coefficient (Wildman–Crippen LogP) is 2.59. The minimum atomic E-state index is 0.281. The molecule has 1 heterocycles. The predicted molar refractivity (Wildman–Crippen MR) is 85.6 cm³/mol. The number of ether oxygens (including phenoxy) is 2. The van der Waals surface area contributed by atoms with Crippen LogP contribution in [0.15, 0.2) is 24.3 Å². The van der Waals surface area contributed by atoms with Gasteiger partial charge >= 0.3 is 0 Å². The van der Waals surface area contributed by atoms with Crippen molar-refractivity contribution < 1.29 is 9.47 Å². The SMILES string of the molecule is CCCCCOc1ccc(C(CN)N2CCOCC2)cc1. The lowest BCUT2D eigenvalue weighted by Gasteiger charge is -2.34. The number of morpholine rings is 1. The molecule has 2 rings (SSSR count). The van der Waals surface area contributed by atoms with Crippen LogP contribution in [0.25, 0.3) is 0 Å². The molecule has 0 bridgehead atoms. The van der Waals surface area contributed by atoms with Gasteiger partial charge in [0.1, 0.15) is 5.75 Å². The average molecular weight is 292 g/mol. The van der Waals surface area contributed by atoms with Crippen LogP contribution in [0.3, 0.4) is 0 Å².